The number of halogens is 4. The van der Waals surface area contributed by atoms with E-state index >= 15 is 0 Å². The first-order valence-electron chi connectivity index (χ1n) is 10.9. The van der Waals surface area contributed by atoms with Crippen molar-refractivity contribution in [3.05, 3.63) is 45.0 Å². The van der Waals surface area contributed by atoms with E-state index < -0.39 is 46.6 Å². The molecule has 9 nitrogen and oxygen atoms in total. The van der Waals surface area contributed by atoms with Gasteiger partial charge in [-0.05, 0) is 37.5 Å². The Balaban J connectivity index is 1.40. The molecule has 14 heteroatoms. The van der Waals surface area contributed by atoms with E-state index in [1.807, 2.05) is 0 Å². The van der Waals surface area contributed by atoms with Gasteiger partial charge in [-0.25, -0.2) is 23.4 Å². The van der Waals surface area contributed by atoms with Crippen molar-refractivity contribution in [2.24, 2.45) is 5.73 Å². The number of likely N-dealkylation sites (tertiary alicyclic amines) is 2. The van der Waals surface area contributed by atoms with Gasteiger partial charge in [0.05, 0.1) is 16.1 Å². The Hall–Kier alpha value is -2.45. The molecule has 3 amide bonds. The van der Waals surface area contributed by atoms with Crippen LogP contribution in [-0.2, 0) is 11.4 Å². The maximum Gasteiger partial charge on any atom is 0.347 e. The molecule has 2 atom stereocenters. The third kappa shape index (κ3) is 5.38. The highest BCUT2D eigenvalue weighted by Crippen LogP contribution is 2.29. The Morgan fingerprint density at radius 2 is 2.09 bits per heavy atom. The zero-order valence-corrected chi connectivity index (χ0v) is 20.3. The van der Waals surface area contributed by atoms with Gasteiger partial charge in [0.2, 0.25) is 0 Å². The number of nitrogens with one attached hydrogen (secondary N) is 1. The third-order valence-corrected chi connectivity index (χ3v) is 7.25. The molecule has 2 aliphatic heterocycles. The van der Waals surface area contributed by atoms with Gasteiger partial charge in [-0.2, -0.15) is 4.37 Å². The lowest BCUT2D eigenvalue weighted by atomic mass is 10.2. The zero-order valence-electron chi connectivity index (χ0n) is 18.8. The number of carbonyl (C=O) groups is 2. The van der Waals surface area contributed by atoms with Gasteiger partial charge in [-0.15, -0.1) is 0 Å². The predicted molar refractivity (Wildman–Crippen MR) is 124 cm³/mol. The first kappa shape index (κ1) is 25.6. The SMILES string of the molecule is CN1CC2CC1CN2CCCN(C(=O)NOCc1c(F)cc(Cl)c(F)c1F)c1nscc1C(N)=O. The van der Waals surface area contributed by atoms with E-state index in [9.17, 15) is 22.8 Å². The molecule has 1 aromatic heterocycles. The van der Waals surface area contributed by atoms with Crippen molar-refractivity contribution in [2.75, 3.05) is 38.1 Å². The number of hydroxylamine groups is 1. The van der Waals surface area contributed by atoms with Crippen LogP contribution in [0.15, 0.2) is 11.4 Å². The summed E-state index contributed by atoms with van der Waals surface area (Å²) >= 11 is 6.37. The Morgan fingerprint density at radius 1 is 1.31 bits per heavy atom. The van der Waals surface area contributed by atoms with E-state index in [2.05, 4.69) is 26.7 Å². The van der Waals surface area contributed by atoms with Crippen LogP contribution < -0.4 is 16.1 Å². The first-order chi connectivity index (χ1) is 16.7. The van der Waals surface area contributed by atoms with E-state index in [1.54, 1.807) is 0 Å². The van der Waals surface area contributed by atoms with Gasteiger partial charge in [0.25, 0.3) is 5.91 Å². The lowest BCUT2D eigenvalue weighted by Crippen LogP contribution is -2.46. The summed E-state index contributed by atoms with van der Waals surface area (Å²) in [6.07, 6.45) is 1.69. The smallest absolute Gasteiger partial charge is 0.347 e. The fraction of sp³-hybridized carbons (Fsp3) is 0.476. The van der Waals surface area contributed by atoms with E-state index in [-0.39, 0.29) is 17.9 Å². The molecule has 2 bridgehead atoms. The first-order valence-corrected chi connectivity index (χ1v) is 12.1. The van der Waals surface area contributed by atoms with Gasteiger partial charge in [0, 0.05) is 43.6 Å². The molecule has 0 spiro atoms. The number of rotatable bonds is 9. The number of aromatic nitrogens is 1. The molecule has 0 aliphatic carbocycles. The molecule has 3 N–H and O–H groups in total. The topological polar surface area (TPSA) is 104 Å². The van der Waals surface area contributed by atoms with Gasteiger partial charge in [0.15, 0.2) is 17.5 Å². The molecule has 4 rings (SSSR count). The van der Waals surface area contributed by atoms with Crippen LogP contribution in [0.5, 0.6) is 0 Å². The number of carbonyl (C=O) groups excluding carboxylic acids is 2. The lowest BCUT2D eigenvalue weighted by molar-refractivity contribution is 0.0475. The highest BCUT2D eigenvalue weighted by atomic mass is 35.5. The van der Waals surface area contributed by atoms with Crippen LogP contribution in [0.2, 0.25) is 5.02 Å². The molecule has 0 saturated carbocycles. The minimum absolute atomic E-state index is 0.0566. The van der Waals surface area contributed by atoms with Crippen LogP contribution in [0.1, 0.15) is 28.8 Å². The lowest BCUT2D eigenvalue weighted by Gasteiger charge is -2.32. The minimum Gasteiger partial charge on any atom is -0.365 e. The van der Waals surface area contributed by atoms with Crippen LogP contribution in [-0.4, -0.2) is 71.4 Å². The number of primary amides is 1. The van der Waals surface area contributed by atoms with Crippen LogP contribution in [0.25, 0.3) is 0 Å². The molecule has 2 unspecified atom stereocenters. The molecule has 0 radical (unpaired) electrons. The van der Waals surface area contributed by atoms with Crippen LogP contribution in [0.3, 0.4) is 0 Å². The third-order valence-electron chi connectivity index (χ3n) is 6.36. The Kier molecular flexibility index (Phi) is 7.81. The second kappa shape index (κ2) is 10.7. The highest BCUT2D eigenvalue weighted by Gasteiger charge is 2.40. The number of fused-ring (bicyclic) bond motifs is 2. The molecule has 2 aromatic rings. The van der Waals surface area contributed by atoms with Gasteiger partial charge in [-0.1, -0.05) is 11.6 Å². The van der Waals surface area contributed by atoms with Crippen molar-refractivity contribution in [2.45, 2.75) is 31.5 Å². The molecule has 3 heterocycles. The maximum atomic E-state index is 14.0. The monoisotopic (exact) mass is 532 g/mol. The van der Waals surface area contributed by atoms with Gasteiger partial charge in [-0.3, -0.25) is 19.4 Å². The zero-order chi connectivity index (χ0) is 25.3. The minimum atomic E-state index is -1.51. The predicted octanol–water partition coefficient (Wildman–Crippen LogP) is 2.74. The number of likely N-dealkylation sites (N-methyl/N-ethyl adjacent to an activating group) is 1. The van der Waals surface area contributed by atoms with Crippen molar-refractivity contribution >= 4 is 40.9 Å². The van der Waals surface area contributed by atoms with Crippen molar-refractivity contribution in [3.8, 4) is 0 Å². The maximum absolute atomic E-state index is 14.0. The Labute approximate surface area is 208 Å². The van der Waals surface area contributed by atoms with Crippen LogP contribution >= 0.6 is 23.1 Å². The molecule has 2 aliphatic rings. The fourth-order valence-electron chi connectivity index (χ4n) is 4.51. The molecule has 35 heavy (non-hydrogen) atoms. The van der Waals surface area contributed by atoms with Gasteiger partial charge >= 0.3 is 6.03 Å². The summed E-state index contributed by atoms with van der Waals surface area (Å²) in [5, 5.41) is 0.717. The molecular weight excluding hydrogens is 509 g/mol. The molecule has 2 fully saturated rings. The number of hydrogen-bond donors (Lipinski definition) is 2. The fourth-order valence-corrected chi connectivity index (χ4v) is 5.37. The average molecular weight is 533 g/mol. The van der Waals surface area contributed by atoms with E-state index in [0.29, 0.717) is 24.6 Å². The molecule has 1 aromatic carbocycles. The summed E-state index contributed by atoms with van der Waals surface area (Å²) in [4.78, 5) is 35.6. The summed E-state index contributed by atoms with van der Waals surface area (Å²) in [5.74, 6) is -4.76. The molecular formula is C21H24ClF3N6O3S. The van der Waals surface area contributed by atoms with Crippen molar-refractivity contribution < 1.29 is 27.6 Å². The molecule has 2 saturated heterocycles. The average Bonchev–Trinajstić information content (AvgIpc) is 3.53. The van der Waals surface area contributed by atoms with Crippen molar-refractivity contribution in [1.29, 1.82) is 0 Å². The summed E-state index contributed by atoms with van der Waals surface area (Å²) in [5.41, 5.74) is 6.81. The van der Waals surface area contributed by atoms with E-state index in [4.69, 9.17) is 22.2 Å². The Bertz CT molecular complexity index is 1120. The summed E-state index contributed by atoms with van der Waals surface area (Å²) in [6, 6.07) is 0.799. The number of hydrogen-bond acceptors (Lipinski definition) is 7. The van der Waals surface area contributed by atoms with Crippen molar-refractivity contribution in [3.63, 3.8) is 0 Å². The quantitative estimate of drug-likeness (QED) is 0.292. The largest absolute Gasteiger partial charge is 0.365 e. The Morgan fingerprint density at radius 3 is 2.74 bits per heavy atom. The number of piperazine rings is 1. The molecule has 190 valence electrons. The van der Waals surface area contributed by atoms with E-state index in [0.717, 1.165) is 37.6 Å². The van der Waals surface area contributed by atoms with Crippen molar-refractivity contribution in [1.82, 2.24) is 19.7 Å². The second-order valence-electron chi connectivity index (χ2n) is 8.54. The van der Waals surface area contributed by atoms with E-state index in [1.165, 1.54) is 10.3 Å². The second-order valence-corrected chi connectivity index (χ2v) is 9.58. The summed E-state index contributed by atoms with van der Waals surface area (Å²) in [7, 11) is 2.11. The van der Waals surface area contributed by atoms with Crippen LogP contribution in [0.4, 0.5) is 23.8 Å². The number of benzene rings is 1. The highest BCUT2D eigenvalue weighted by molar-refractivity contribution is 7.04. The summed E-state index contributed by atoms with van der Waals surface area (Å²) in [6.45, 7) is 2.07. The van der Waals surface area contributed by atoms with Gasteiger partial charge < -0.3 is 10.6 Å². The number of nitrogens with two attached hydrogens (primary N) is 1. The number of nitrogens with zero attached hydrogens (tertiary/aromatic N) is 4. The number of amides is 3. The van der Waals surface area contributed by atoms with Gasteiger partial charge in [0.1, 0.15) is 12.4 Å². The van der Waals surface area contributed by atoms with Crippen LogP contribution in [0, 0.1) is 17.5 Å². The normalized spacial score (nSPS) is 19.9. The number of anilines is 1. The standard InChI is InChI=1S/C21H24ClF3N6O3S/c1-29-7-12-5-11(29)8-30(12)3-2-4-31(20-14(19(26)32)10-35-28-20)21(33)27-34-9-13-16(23)6-15(22)18(25)17(13)24/h6,10-12H,2-5,7-9H2,1H3,(H2,26,32)(H,27,33). The number of urea groups is 1. The summed E-state index contributed by atoms with van der Waals surface area (Å²) < 4.78 is 45.8.